The van der Waals surface area contributed by atoms with E-state index in [-0.39, 0.29) is 31.7 Å². The van der Waals surface area contributed by atoms with Crippen LogP contribution in [0.15, 0.2) is 42.5 Å². The minimum absolute atomic E-state index is 0.00969. The summed E-state index contributed by atoms with van der Waals surface area (Å²) in [4.78, 5) is 53.7. The van der Waals surface area contributed by atoms with Crippen LogP contribution in [-0.2, 0) is 30.3 Å². The molecule has 0 aliphatic carbocycles. The lowest BCUT2D eigenvalue weighted by Crippen LogP contribution is -2.54. The molecule has 11 nitrogen and oxygen atoms in total. The molecule has 3 N–H and O–H groups in total. The van der Waals surface area contributed by atoms with Gasteiger partial charge in [0.05, 0.1) is 19.1 Å². The van der Waals surface area contributed by atoms with Crippen LogP contribution in [0.25, 0.3) is 0 Å². The molecular weight excluding hydrogens is 540 g/mol. The van der Waals surface area contributed by atoms with Crippen LogP contribution in [-0.4, -0.2) is 65.2 Å². The number of benzene rings is 2. The van der Waals surface area contributed by atoms with Crippen molar-refractivity contribution in [3.63, 3.8) is 0 Å². The summed E-state index contributed by atoms with van der Waals surface area (Å²) in [5.74, 6) is -1.74. The molecule has 0 aliphatic heterocycles. The number of phenolic OH excluding ortho intramolecular Hbond substituents is 1. The van der Waals surface area contributed by atoms with E-state index in [0.717, 1.165) is 4.90 Å². The van der Waals surface area contributed by atoms with E-state index in [4.69, 9.17) is 9.47 Å². The van der Waals surface area contributed by atoms with Gasteiger partial charge in [-0.25, -0.2) is 4.79 Å². The number of rotatable bonds is 12. The second-order valence-corrected chi connectivity index (χ2v) is 10.7. The Morgan fingerprint density at radius 2 is 1.67 bits per heavy atom. The van der Waals surface area contributed by atoms with Gasteiger partial charge in [0, 0.05) is 13.0 Å². The summed E-state index contributed by atoms with van der Waals surface area (Å²) in [7, 11) is 0. The van der Waals surface area contributed by atoms with Crippen molar-refractivity contribution in [2.75, 3.05) is 19.7 Å². The number of nitriles is 1. The first-order valence-electron chi connectivity index (χ1n) is 13.7. The van der Waals surface area contributed by atoms with Crippen LogP contribution in [0.3, 0.4) is 0 Å². The van der Waals surface area contributed by atoms with E-state index in [0.29, 0.717) is 22.3 Å². The number of carbonyl (C=O) groups excluding carboxylic acids is 4. The molecule has 2 aromatic carbocycles. The Balaban J connectivity index is 2.54. The SMILES string of the molecule is CCOC(=O)CCNC(=O)C(c1c(C)cccc1C)N(CC#N)C(=O)C(Cc1ccc(O)cc1)NC(=O)OC(C)(C)C. The normalized spacial score (nSPS) is 12.3. The molecule has 0 heterocycles. The highest BCUT2D eigenvalue weighted by molar-refractivity contribution is 5.93. The van der Waals surface area contributed by atoms with Crippen LogP contribution in [0.4, 0.5) is 4.79 Å². The summed E-state index contributed by atoms with van der Waals surface area (Å²) in [6.07, 6.45) is -0.932. The maximum absolute atomic E-state index is 14.2. The zero-order valence-corrected chi connectivity index (χ0v) is 25.0. The smallest absolute Gasteiger partial charge is 0.408 e. The molecule has 0 bridgehead atoms. The Bertz CT molecular complexity index is 1280. The standard InChI is InChI=1S/C31H40N4O7/c1-7-41-25(37)15-17-33-28(38)27(26-20(2)9-8-10-21(26)3)35(18-16-32)29(39)24(34-30(40)42-31(4,5)6)19-22-11-13-23(36)14-12-22/h8-14,24,27,36H,7,15,17-19H2,1-6H3,(H,33,38)(H,34,40). The van der Waals surface area contributed by atoms with Gasteiger partial charge in [0.1, 0.15) is 30.0 Å². The first-order chi connectivity index (χ1) is 19.8. The van der Waals surface area contributed by atoms with Crippen molar-refractivity contribution in [1.29, 1.82) is 5.26 Å². The summed E-state index contributed by atoms with van der Waals surface area (Å²) in [5, 5.41) is 24.8. The molecule has 11 heteroatoms. The molecule has 0 aromatic heterocycles. The quantitative estimate of drug-likeness (QED) is 0.254. The predicted molar refractivity (Wildman–Crippen MR) is 155 cm³/mol. The molecular formula is C31H40N4O7. The van der Waals surface area contributed by atoms with Gasteiger partial charge in [-0.3, -0.25) is 14.4 Å². The lowest BCUT2D eigenvalue weighted by atomic mass is 9.93. The van der Waals surface area contributed by atoms with Crippen molar-refractivity contribution in [3.05, 3.63) is 64.7 Å². The fourth-order valence-corrected chi connectivity index (χ4v) is 4.40. The van der Waals surface area contributed by atoms with Gasteiger partial charge in [-0.05, 0) is 75.9 Å². The molecule has 0 saturated heterocycles. The van der Waals surface area contributed by atoms with Crippen LogP contribution in [0.1, 0.15) is 62.4 Å². The van der Waals surface area contributed by atoms with Crippen LogP contribution in [0, 0.1) is 25.2 Å². The number of nitrogens with one attached hydrogen (secondary N) is 2. The fourth-order valence-electron chi connectivity index (χ4n) is 4.40. The lowest BCUT2D eigenvalue weighted by Gasteiger charge is -2.34. The summed E-state index contributed by atoms with van der Waals surface area (Å²) in [5.41, 5.74) is 1.72. The van der Waals surface area contributed by atoms with Gasteiger partial charge in [-0.15, -0.1) is 0 Å². The molecule has 3 amide bonds. The number of ether oxygens (including phenoxy) is 2. The van der Waals surface area contributed by atoms with Crippen LogP contribution < -0.4 is 10.6 Å². The molecule has 0 spiro atoms. The van der Waals surface area contributed by atoms with Gasteiger partial charge in [0.25, 0.3) is 0 Å². The van der Waals surface area contributed by atoms with Crippen molar-refractivity contribution in [1.82, 2.24) is 15.5 Å². The summed E-state index contributed by atoms with van der Waals surface area (Å²) >= 11 is 0. The number of esters is 1. The molecule has 0 saturated carbocycles. The summed E-state index contributed by atoms with van der Waals surface area (Å²) < 4.78 is 10.3. The minimum atomic E-state index is -1.25. The van der Waals surface area contributed by atoms with Gasteiger partial charge < -0.3 is 30.1 Å². The maximum Gasteiger partial charge on any atom is 0.408 e. The highest BCUT2D eigenvalue weighted by Gasteiger charge is 2.37. The number of phenols is 1. The van der Waals surface area contributed by atoms with E-state index in [2.05, 4.69) is 10.6 Å². The number of hydrogen-bond acceptors (Lipinski definition) is 8. The third-order valence-electron chi connectivity index (χ3n) is 6.20. The monoisotopic (exact) mass is 580 g/mol. The highest BCUT2D eigenvalue weighted by atomic mass is 16.6. The average molecular weight is 581 g/mol. The van der Waals surface area contributed by atoms with E-state index in [1.165, 1.54) is 12.1 Å². The Morgan fingerprint density at radius 3 is 2.21 bits per heavy atom. The van der Waals surface area contributed by atoms with E-state index in [1.54, 1.807) is 65.8 Å². The number of carbonyl (C=O) groups is 4. The van der Waals surface area contributed by atoms with Gasteiger partial charge in [-0.2, -0.15) is 5.26 Å². The van der Waals surface area contributed by atoms with Gasteiger partial charge in [0.15, 0.2) is 0 Å². The fraction of sp³-hybridized carbons (Fsp3) is 0.452. The third-order valence-corrected chi connectivity index (χ3v) is 6.20. The second kappa shape index (κ2) is 15.4. The van der Waals surface area contributed by atoms with E-state index >= 15 is 0 Å². The first kappa shape index (κ1) is 33.6. The number of nitrogens with zero attached hydrogens (tertiary/aromatic N) is 2. The number of hydrogen-bond donors (Lipinski definition) is 3. The largest absolute Gasteiger partial charge is 0.508 e. The topological polar surface area (TPSA) is 158 Å². The zero-order valence-electron chi connectivity index (χ0n) is 25.0. The van der Waals surface area contributed by atoms with E-state index in [1.807, 2.05) is 12.1 Å². The zero-order chi connectivity index (χ0) is 31.4. The van der Waals surface area contributed by atoms with Crippen LogP contribution in [0.5, 0.6) is 5.75 Å². The average Bonchev–Trinajstić information content (AvgIpc) is 2.89. The maximum atomic E-state index is 14.2. The van der Waals surface area contributed by atoms with Crippen molar-refractivity contribution in [3.8, 4) is 11.8 Å². The molecule has 2 atom stereocenters. The van der Waals surface area contributed by atoms with E-state index < -0.39 is 48.1 Å². The Morgan fingerprint density at radius 1 is 1.05 bits per heavy atom. The van der Waals surface area contributed by atoms with Crippen LogP contribution >= 0.6 is 0 Å². The molecule has 2 rings (SSSR count). The minimum Gasteiger partial charge on any atom is -0.508 e. The Kier molecular flexibility index (Phi) is 12.3. The van der Waals surface area contributed by atoms with Crippen molar-refractivity contribution < 1.29 is 33.8 Å². The van der Waals surface area contributed by atoms with E-state index in [9.17, 15) is 29.5 Å². The number of alkyl carbamates (subject to hydrolysis) is 1. The third kappa shape index (κ3) is 10.1. The van der Waals surface area contributed by atoms with Crippen molar-refractivity contribution in [2.24, 2.45) is 0 Å². The molecule has 0 radical (unpaired) electrons. The molecule has 42 heavy (non-hydrogen) atoms. The number of amides is 3. The summed E-state index contributed by atoms with van der Waals surface area (Å²) in [6.45, 7) is 10.0. The Labute approximate surface area is 246 Å². The molecule has 2 unspecified atom stereocenters. The van der Waals surface area contributed by atoms with Gasteiger partial charge in [0.2, 0.25) is 11.8 Å². The first-order valence-corrected chi connectivity index (χ1v) is 13.7. The molecule has 2 aromatic rings. The predicted octanol–water partition coefficient (Wildman–Crippen LogP) is 3.61. The number of aryl methyl sites for hydroxylation is 2. The molecule has 226 valence electrons. The van der Waals surface area contributed by atoms with Crippen molar-refractivity contribution >= 4 is 23.9 Å². The summed E-state index contributed by atoms with van der Waals surface area (Å²) in [6, 6.07) is 11.0. The molecule has 0 fully saturated rings. The van der Waals surface area contributed by atoms with Gasteiger partial charge in [-0.1, -0.05) is 30.3 Å². The van der Waals surface area contributed by atoms with Crippen LogP contribution in [0.2, 0.25) is 0 Å². The highest BCUT2D eigenvalue weighted by Crippen LogP contribution is 2.29. The number of aromatic hydroxyl groups is 1. The second-order valence-electron chi connectivity index (χ2n) is 10.7. The molecule has 0 aliphatic rings. The van der Waals surface area contributed by atoms with Crippen molar-refractivity contribution in [2.45, 2.75) is 72.1 Å². The lowest BCUT2D eigenvalue weighted by molar-refractivity contribution is -0.144. The Hall–Kier alpha value is -4.59. The van der Waals surface area contributed by atoms with Gasteiger partial charge >= 0.3 is 12.1 Å².